The number of aliphatic imine (C=N–C) groups is 1. The second-order valence-corrected chi connectivity index (χ2v) is 7.48. The van der Waals surface area contributed by atoms with Gasteiger partial charge in [-0.25, -0.2) is 9.38 Å². The Kier molecular flexibility index (Phi) is 5.38. The van der Waals surface area contributed by atoms with Crippen LogP contribution in [0.5, 0.6) is 0 Å². The van der Waals surface area contributed by atoms with Crippen molar-refractivity contribution in [2.45, 2.75) is 19.0 Å². The van der Waals surface area contributed by atoms with Crippen LogP contribution in [0.3, 0.4) is 0 Å². The molecular weight excluding hydrogens is 371 g/mol. The third-order valence-corrected chi connectivity index (χ3v) is 5.67. The molecule has 2 aliphatic heterocycles. The number of likely N-dealkylation sites (N-methyl/N-ethyl adjacent to an activating group) is 1. The van der Waals surface area contributed by atoms with Gasteiger partial charge in [-0.05, 0) is 36.3 Å². The SMILES string of the molecule is CN1c2ccc(F)cc2CC(N2CCN(C=O)CC2)=NC1C1=CC=CCC=C1O. The number of piperazine rings is 1. The number of amides is 1. The first-order valence-corrected chi connectivity index (χ1v) is 9.85. The average Bonchev–Trinajstić information content (AvgIpc) is 3.02. The normalized spacial score (nSPS) is 22.2. The van der Waals surface area contributed by atoms with E-state index in [-0.39, 0.29) is 11.6 Å². The second-order valence-electron chi connectivity index (χ2n) is 7.48. The predicted molar refractivity (Wildman–Crippen MR) is 111 cm³/mol. The Morgan fingerprint density at radius 1 is 1.24 bits per heavy atom. The molecule has 1 aromatic carbocycles. The fourth-order valence-electron chi connectivity index (χ4n) is 4.02. The van der Waals surface area contributed by atoms with E-state index in [1.807, 2.05) is 30.2 Å². The van der Waals surface area contributed by atoms with Gasteiger partial charge in [0.05, 0.1) is 0 Å². The Balaban J connectivity index is 1.76. The Hall–Kier alpha value is -3.09. The lowest BCUT2D eigenvalue weighted by molar-refractivity contribution is -0.119. The van der Waals surface area contributed by atoms with Gasteiger partial charge in [-0.1, -0.05) is 18.2 Å². The minimum absolute atomic E-state index is 0.214. The molecule has 1 N–H and O–H groups in total. The third kappa shape index (κ3) is 3.90. The molecule has 2 heterocycles. The highest BCUT2D eigenvalue weighted by atomic mass is 19.1. The van der Waals surface area contributed by atoms with Gasteiger partial charge in [0.1, 0.15) is 17.4 Å². The van der Waals surface area contributed by atoms with Gasteiger partial charge in [0, 0.05) is 50.9 Å². The van der Waals surface area contributed by atoms with Crippen LogP contribution in [-0.4, -0.2) is 66.5 Å². The van der Waals surface area contributed by atoms with Crippen molar-refractivity contribution in [1.29, 1.82) is 0 Å². The average molecular weight is 396 g/mol. The molecule has 1 amide bonds. The molecule has 1 aromatic rings. The van der Waals surface area contributed by atoms with Crippen LogP contribution >= 0.6 is 0 Å². The van der Waals surface area contributed by atoms with E-state index in [2.05, 4.69) is 4.90 Å². The summed E-state index contributed by atoms with van der Waals surface area (Å²) >= 11 is 0. The van der Waals surface area contributed by atoms with Crippen molar-refractivity contribution in [3.05, 3.63) is 65.2 Å². The maximum absolute atomic E-state index is 14.0. The summed E-state index contributed by atoms with van der Waals surface area (Å²) in [7, 11) is 1.92. The summed E-state index contributed by atoms with van der Waals surface area (Å²) < 4.78 is 14.0. The number of aliphatic hydroxyl groups is 1. The molecule has 1 fully saturated rings. The van der Waals surface area contributed by atoms with Crippen LogP contribution in [0.15, 0.2) is 58.8 Å². The molecule has 0 spiro atoms. The summed E-state index contributed by atoms with van der Waals surface area (Å²) in [5, 5.41) is 10.6. The van der Waals surface area contributed by atoms with E-state index in [1.165, 1.54) is 6.07 Å². The number of rotatable bonds is 2. The van der Waals surface area contributed by atoms with Gasteiger partial charge in [-0.2, -0.15) is 0 Å². The zero-order valence-electron chi connectivity index (χ0n) is 16.5. The molecule has 0 bridgehead atoms. The van der Waals surface area contributed by atoms with Gasteiger partial charge >= 0.3 is 0 Å². The number of anilines is 1. The van der Waals surface area contributed by atoms with Crippen molar-refractivity contribution in [2.75, 3.05) is 38.1 Å². The number of fused-ring (bicyclic) bond motifs is 1. The molecular formula is C22H25FN4O2. The number of carbonyl (C=O) groups is 1. The number of nitrogens with zero attached hydrogens (tertiary/aromatic N) is 4. The zero-order valence-corrected chi connectivity index (χ0v) is 16.5. The van der Waals surface area contributed by atoms with Crippen LogP contribution in [0.4, 0.5) is 10.1 Å². The number of benzene rings is 1. The van der Waals surface area contributed by atoms with E-state index in [4.69, 9.17) is 4.99 Å². The fourth-order valence-corrected chi connectivity index (χ4v) is 4.02. The molecule has 0 aromatic heterocycles. The summed E-state index contributed by atoms with van der Waals surface area (Å²) in [6, 6.07) is 4.79. The fraction of sp³-hybridized carbons (Fsp3) is 0.364. The minimum atomic E-state index is -0.431. The summed E-state index contributed by atoms with van der Waals surface area (Å²) in [5.74, 6) is 0.782. The van der Waals surface area contributed by atoms with Crippen molar-refractivity contribution in [2.24, 2.45) is 4.99 Å². The number of amidine groups is 1. The molecule has 0 radical (unpaired) electrons. The monoisotopic (exact) mass is 396 g/mol. The number of hydrogen-bond acceptors (Lipinski definition) is 5. The number of allylic oxidation sites excluding steroid dienone is 4. The largest absolute Gasteiger partial charge is 0.508 e. The molecule has 4 rings (SSSR count). The molecule has 1 aliphatic carbocycles. The molecule has 6 nitrogen and oxygen atoms in total. The number of aliphatic hydroxyl groups excluding tert-OH is 1. The number of halogens is 1. The highest BCUT2D eigenvalue weighted by molar-refractivity contribution is 5.88. The Morgan fingerprint density at radius 3 is 2.79 bits per heavy atom. The molecule has 3 aliphatic rings. The molecule has 1 saturated heterocycles. The van der Waals surface area contributed by atoms with Gasteiger partial charge < -0.3 is 19.8 Å². The van der Waals surface area contributed by atoms with E-state index < -0.39 is 6.17 Å². The van der Waals surface area contributed by atoms with Crippen molar-refractivity contribution >= 4 is 17.9 Å². The minimum Gasteiger partial charge on any atom is -0.508 e. The first kappa shape index (κ1) is 19.2. The molecule has 7 heteroatoms. The maximum Gasteiger partial charge on any atom is 0.209 e. The molecule has 29 heavy (non-hydrogen) atoms. The van der Waals surface area contributed by atoms with Crippen LogP contribution < -0.4 is 4.90 Å². The third-order valence-electron chi connectivity index (χ3n) is 5.67. The molecule has 1 unspecified atom stereocenters. The van der Waals surface area contributed by atoms with Gasteiger partial charge in [-0.3, -0.25) is 4.79 Å². The van der Waals surface area contributed by atoms with Crippen LogP contribution in [0.1, 0.15) is 12.0 Å². The van der Waals surface area contributed by atoms with Crippen LogP contribution in [0, 0.1) is 5.82 Å². The van der Waals surface area contributed by atoms with Crippen molar-refractivity contribution in [3.8, 4) is 0 Å². The second kappa shape index (κ2) is 8.11. The topological polar surface area (TPSA) is 59.4 Å². The number of carbonyl (C=O) groups excluding carboxylic acids is 1. The maximum atomic E-state index is 14.0. The zero-order chi connectivity index (χ0) is 20.4. The Morgan fingerprint density at radius 2 is 2.03 bits per heavy atom. The van der Waals surface area contributed by atoms with Gasteiger partial charge in [-0.15, -0.1) is 0 Å². The van der Waals surface area contributed by atoms with E-state index in [0.717, 1.165) is 23.5 Å². The molecule has 152 valence electrons. The van der Waals surface area contributed by atoms with Gasteiger partial charge in [0.25, 0.3) is 0 Å². The van der Waals surface area contributed by atoms with E-state index >= 15 is 0 Å². The first-order valence-electron chi connectivity index (χ1n) is 9.85. The number of hydrogen-bond donors (Lipinski definition) is 1. The summed E-state index contributed by atoms with van der Waals surface area (Å²) in [6.07, 6.45) is 9.18. The smallest absolute Gasteiger partial charge is 0.209 e. The van der Waals surface area contributed by atoms with Crippen molar-refractivity contribution in [3.63, 3.8) is 0 Å². The van der Waals surface area contributed by atoms with Crippen LogP contribution in [-0.2, 0) is 11.2 Å². The van der Waals surface area contributed by atoms with E-state index in [1.54, 1.807) is 23.1 Å². The van der Waals surface area contributed by atoms with E-state index in [9.17, 15) is 14.3 Å². The predicted octanol–water partition coefficient (Wildman–Crippen LogP) is 2.64. The lowest BCUT2D eigenvalue weighted by Gasteiger charge is -2.35. The highest BCUT2D eigenvalue weighted by Gasteiger charge is 2.30. The summed E-state index contributed by atoms with van der Waals surface area (Å²) in [4.78, 5) is 22.0. The van der Waals surface area contributed by atoms with Gasteiger partial charge in [0.15, 0.2) is 6.17 Å². The molecule has 1 atom stereocenters. The van der Waals surface area contributed by atoms with Crippen molar-refractivity contribution < 1.29 is 14.3 Å². The van der Waals surface area contributed by atoms with Crippen LogP contribution in [0.2, 0.25) is 0 Å². The standard InChI is InChI=1S/C22H25FN4O2/c1-25-19-8-7-17(23)13-16(19)14-21(27-11-9-26(15-28)10-12-27)24-22(25)18-5-3-2-4-6-20(18)29/h2-3,5-8,13,15,22,29H,4,9-12,14H2,1H3. The lowest BCUT2D eigenvalue weighted by Crippen LogP contribution is -2.49. The highest BCUT2D eigenvalue weighted by Crippen LogP contribution is 2.32. The molecule has 0 saturated carbocycles. The van der Waals surface area contributed by atoms with Gasteiger partial charge in [0.2, 0.25) is 6.41 Å². The first-order chi connectivity index (χ1) is 14.1. The van der Waals surface area contributed by atoms with Crippen molar-refractivity contribution in [1.82, 2.24) is 9.80 Å². The lowest BCUT2D eigenvalue weighted by atomic mass is 10.1. The Bertz CT molecular complexity index is 913. The Labute approximate surface area is 169 Å². The quantitative estimate of drug-likeness (QED) is 0.781. The van der Waals surface area contributed by atoms with E-state index in [0.29, 0.717) is 44.6 Å². The summed E-state index contributed by atoms with van der Waals surface area (Å²) in [6.45, 7) is 2.63. The van der Waals surface area contributed by atoms with Crippen LogP contribution in [0.25, 0.3) is 0 Å². The summed E-state index contributed by atoms with van der Waals surface area (Å²) in [5.41, 5.74) is 2.46.